The van der Waals surface area contributed by atoms with E-state index in [-0.39, 0.29) is 16.9 Å². The topological polar surface area (TPSA) is 63.4 Å². The van der Waals surface area contributed by atoms with Crippen molar-refractivity contribution in [3.8, 4) is 0 Å². The number of hydrogen-bond acceptors (Lipinski definition) is 3. The Morgan fingerprint density at radius 2 is 2.05 bits per heavy atom. The fourth-order valence-corrected chi connectivity index (χ4v) is 5.20. The van der Waals surface area contributed by atoms with Gasteiger partial charge in [-0.25, -0.2) is 12.8 Å². The molecular weight excluding hydrogens is 347 g/mol. The van der Waals surface area contributed by atoms with Crippen molar-refractivity contribution in [3.05, 3.63) is 28.5 Å². The van der Waals surface area contributed by atoms with Gasteiger partial charge in [0.25, 0.3) is 0 Å². The van der Waals surface area contributed by atoms with Crippen molar-refractivity contribution in [1.82, 2.24) is 4.31 Å². The summed E-state index contributed by atoms with van der Waals surface area (Å²) >= 11 is 3.13. The second-order valence-corrected chi connectivity index (χ2v) is 8.38. The lowest BCUT2D eigenvalue weighted by molar-refractivity contribution is 0.424. The zero-order valence-electron chi connectivity index (χ0n) is 10.8. The third-order valence-electron chi connectivity index (χ3n) is 4.39. The Morgan fingerprint density at radius 1 is 1.30 bits per heavy atom. The van der Waals surface area contributed by atoms with E-state index in [1.807, 2.05) is 0 Å². The first-order chi connectivity index (χ1) is 9.39. The zero-order chi connectivity index (χ0) is 14.5. The molecule has 7 heteroatoms. The van der Waals surface area contributed by atoms with Crippen molar-refractivity contribution in [2.45, 2.75) is 23.8 Å². The standard InChI is InChI=1S/C13H16BrFN2O2S/c14-9-2-4-13(11(15)5-9)20(18,19)17-6-8-1-3-12(16)10(8)7-17/h2,4-5,8,10,12H,1,3,6-7,16H2. The molecule has 1 saturated heterocycles. The molecule has 3 rings (SSSR count). The molecule has 2 fully saturated rings. The van der Waals surface area contributed by atoms with Crippen LogP contribution in [0.1, 0.15) is 12.8 Å². The molecule has 3 unspecified atom stereocenters. The molecule has 0 spiro atoms. The summed E-state index contributed by atoms with van der Waals surface area (Å²) in [7, 11) is -3.77. The Bertz CT molecular complexity index is 637. The second kappa shape index (κ2) is 5.05. The van der Waals surface area contributed by atoms with Crippen molar-refractivity contribution in [3.63, 3.8) is 0 Å². The van der Waals surface area contributed by atoms with Crippen LogP contribution in [0, 0.1) is 17.7 Å². The van der Waals surface area contributed by atoms with Crippen LogP contribution in [0.3, 0.4) is 0 Å². The van der Waals surface area contributed by atoms with Crippen LogP contribution in [0.25, 0.3) is 0 Å². The van der Waals surface area contributed by atoms with Gasteiger partial charge < -0.3 is 5.73 Å². The van der Waals surface area contributed by atoms with E-state index in [1.165, 1.54) is 16.4 Å². The lowest BCUT2D eigenvalue weighted by atomic mass is 9.98. The van der Waals surface area contributed by atoms with Gasteiger partial charge in [0.1, 0.15) is 10.7 Å². The molecule has 0 aromatic heterocycles. The van der Waals surface area contributed by atoms with Gasteiger partial charge >= 0.3 is 0 Å². The Balaban J connectivity index is 1.90. The van der Waals surface area contributed by atoms with Crippen LogP contribution in [-0.2, 0) is 10.0 Å². The smallest absolute Gasteiger partial charge is 0.246 e. The van der Waals surface area contributed by atoms with Gasteiger partial charge in [-0.15, -0.1) is 0 Å². The van der Waals surface area contributed by atoms with Gasteiger partial charge in [-0.1, -0.05) is 15.9 Å². The molecule has 1 aliphatic carbocycles. The van der Waals surface area contributed by atoms with Crippen molar-refractivity contribution < 1.29 is 12.8 Å². The molecule has 2 N–H and O–H groups in total. The van der Waals surface area contributed by atoms with Crippen LogP contribution < -0.4 is 5.73 Å². The van der Waals surface area contributed by atoms with E-state index in [0.717, 1.165) is 12.8 Å². The molecule has 1 aromatic rings. The summed E-state index contributed by atoms with van der Waals surface area (Å²) in [5.74, 6) is -0.192. The fraction of sp³-hybridized carbons (Fsp3) is 0.538. The zero-order valence-corrected chi connectivity index (χ0v) is 13.2. The van der Waals surface area contributed by atoms with Crippen molar-refractivity contribution in [2.24, 2.45) is 17.6 Å². The van der Waals surface area contributed by atoms with Crippen molar-refractivity contribution >= 4 is 26.0 Å². The molecule has 1 saturated carbocycles. The van der Waals surface area contributed by atoms with Crippen LogP contribution in [0.4, 0.5) is 4.39 Å². The normalized spacial score (nSPS) is 30.6. The van der Waals surface area contributed by atoms with Crippen LogP contribution >= 0.6 is 15.9 Å². The molecule has 4 nitrogen and oxygen atoms in total. The Kier molecular flexibility index (Phi) is 3.64. The molecule has 3 atom stereocenters. The van der Waals surface area contributed by atoms with Crippen LogP contribution in [0.5, 0.6) is 0 Å². The molecule has 1 aliphatic heterocycles. The molecule has 110 valence electrons. The molecule has 0 amide bonds. The first kappa shape index (κ1) is 14.4. The maximum atomic E-state index is 13.9. The van der Waals surface area contributed by atoms with Crippen LogP contribution in [-0.4, -0.2) is 31.9 Å². The van der Waals surface area contributed by atoms with E-state index >= 15 is 0 Å². The molecule has 1 aromatic carbocycles. The van der Waals surface area contributed by atoms with Crippen molar-refractivity contribution in [1.29, 1.82) is 0 Å². The molecular formula is C13H16BrFN2O2S. The van der Waals surface area contributed by atoms with Crippen molar-refractivity contribution in [2.75, 3.05) is 13.1 Å². The average molecular weight is 363 g/mol. The minimum atomic E-state index is -3.77. The first-order valence-electron chi connectivity index (χ1n) is 6.60. The van der Waals surface area contributed by atoms with Gasteiger partial charge in [0.2, 0.25) is 10.0 Å². The molecule has 1 heterocycles. The van der Waals surface area contributed by atoms with Gasteiger partial charge in [-0.05, 0) is 42.9 Å². The highest BCUT2D eigenvalue weighted by atomic mass is 79.9. The molecule has 0 bridgehead atoms. The number of fused-ring (bicyclic) bond motifs is 1. The maximum absolute atomic E-state index is 13.9. The monoisotopic (exact) mass is 362 g/mol. The maximum Gasteiger partial charge on any atom is 0.246 e. The van der Waals surface area contributed by atoms with Gasteiger partial charge in [0, 0.05) is 23.6 Å². The Labute approximate surface area is 126 Å². The summed E-state index contributed by atoms with van der Waals surface area (Å²) in [5.41, 5.74) is 6.01. The number of nitrogens with zero attached hydrogens (tertiary/aromatic N) is 1. The molecule has 20 heavy (non-hydrogen) atoms. The number of nitrogens with two attached hydrogens (primary N) is 1. The van der Waals surface area contributed by atoms with Gasteiger partial charge in [0.05, 0.1) is 0 Å². The number of rotatable bonds is 2. The van der Waals surface area contributed by atoms with Crippen LogP contribution in [0.2, 0.25) is 0 Å². The number of hydrogen-bond donors (Lipinski definition) is 1. The SMILES string of the molecule is NC1CCC2CN(S(=O)(=O)c3ccc(Br)cc3F)CC12. The Morgan fingerprint density at radius 3 is 2.70 bits per heavy atom. The lowest BCUT2D eigenvalue weighted by Crippen LogP contribution is -2.33. The largest absolute Gasteiger partial charge is 0.327 e. The summed E-state index contributed by atoms with van der Waals surface area (Å²) in [5, 5.41) is 0. The van der Waals surface area contributed by atoms with E-state index in [9.17, 15) is 12.8 Å². The predicted molar refractivity (Wildman–Crippen MR) is 77.0 cm³/mol. The Hall–Kier alpha value is -0.500. The van der Waals surface area contributed by atoms with E-state index in [4.69, 9.17) is 5.73 Å². The minimum absolute atomic E-state index is 0.0648. The van der Waals surface area contributed by atoms with Gasteiger partial charge in [0.15, 0.2) is 0 Å². The highest BCUT2D eigenvalue weighted by molar-refractivity contribution is 9.10. The third kappa shape index (κ3) is 2.30. The summed E-state index contributed by atoms with van der Waals surface area (Å²) in [6.07, 6.45) is 1.91. The highest BCUT2D eigenvalue weighted by Gasteiger charge is 2.45. The first-order valence-corrected chi connectivity index (χ1v) is 8.83. The predicted octanol–water partition coefficient (Wildman–Crippen LogP) is 1.95. The average Bonchev–Trinajstić information content (AvgIpc) is 2.92. The van der Waals surface area contributed by atoms with E-state index in [1.54, 1.807) is 6.07 Å². The number of halogens is 2. The third-order valence-corrected chi connectivity index (χ3v) is 6.75. The summed E-state index contributed by atoms with van der Waals surface area (Å²) < 4.78 is 40.9. The fourth-order valence-electron chi connectivity index (χ4n) is 3.29. The summed E-state index contributed by atoms with van der Waals surface area (Å²) in [6, 6.07) is 4.09. The van der Waals surface area contributed by atoms with E-state index in [0.29, 0.717) is 23.5 Å². The van der Waals surface area contributed by atoms with E-state index < -0.39 is 15.8 Å². The second-order valence-electron chi connectivity index (χ2n) is 5.56. The number of sulfonamides is 1. The summed E-state index contributed by atoms with van der Waals surface area (Å²) in [4.78, 5) is -0.255. The highest BCUT2D eigenvalue weighted by Crippen LogP contribution is 2.39. The van der Waals surface area contributed by atoms with Crippen LogP contribution in [0.15, 0.2) is 27.6 Å². The quantitative estimate of drug-likeness (QED) is 0.874. The van der Waals surface area contributed by atoms with Gasteiger partial charge in [-0.3, -0.25) is 0 Å². The minimum Gasteiger partial charge on any atom is -0.327 e. The molecule has 2 aliphatic rings. The van der Waals surface area contributed by atoms with Gasteiger partial charge in [-0.2, -0.15) is 4.31 Å². The summed E-state index contributed by atoms with van der Waals surface area (Å²) in [6.45, 7) is 0.861. The molecule has 0 radical (unpaired) electrons. The lowest BCUT2D eigenvalue weighted by Gasteiger charge is -2.19. The van der Waals surface area contributed by atoms with E-state index in [2.05, 4.69) is 15.9 Å². The number of benzene rings is 1.